The molecular weight excluding hydrogens is 332 g/mol. The molecule has 0 saturated carbocycles. The molecule has 0 saturated heterocycles. The van der Waals surface area contributed by atoms with Crippen molar-refractivity contribution in [2.24, 2.45) is 0 Å². The van der Waals surface area contributed by atoms with Crippen LogP contribution in [0.5, 0.6) is 11.5 Å². The lowest BCUT2D eigenvalue weighted by Gasteiger charge is -2.28. The number of rotatable bonds is 3. The molecule has 0 fully saturated rings. The molecule has 2 heteroatoms. The van der Waals surface area contributed by atoms with Crippen LogP contribution in [0, 0.1) is 0 Å². The van der Waals surface area contributed by atoms with Gasteiger partial charge in [0.05, 0.1) is 0 Å². The highest BCUT2D eigenvalue weighted by Crippen LogP contribution is 2.42. The van der Waals surface area contributed by atoms with Gasteiger partial charge in [0.1, 0.15) is 22.9 Å². The fourth-order valence-corrected chi connectivity index (χ4v) is 3.37. The van der Waals surface area contributed by atoms with Gasteiger partial charge < -0.3 is 9.47 Å². The maximum atomic E-state index is 6.26. The predicted molar refractivity (Wildman–Crippen MR) is 110 cm³/mol. The van der Waals surface area contributed by atoms with Crippen molar-refractivity contribution >= 4 is 5.76 Å². The summed E-state index contributed by atoms with van der Waals surface area (Å²) in [4.78, 5) is 0. The Morgan fingerprint density at radius 3 is 2.15 bits per heavy atom. The summed E-state index contributed by atoms with van der Waals surface area (Å²) >= 11 is 0. The molecule has 3 aromatic carbocycles. The molecule has 4 rings (SSSR count). The number of hydrogen-bond donors (Lipinski definition) is 0. The van der Waals surface area contributed by atoms with Gasteiger partial charge >= 0.3 is 0 Å². The van der Waals surface area contributed by atoms with Gasteiger partial charge in [-0.15, -0.1) is 0 Å². The highest BCUT2D eigenvalue weighted by Gasteiger charge is 2.25. The summed E-state index contributed by atoms with van der Waals surface area (Å²) < 4.78 is 12.3. The van der Waals surface area contributed by atoms with Crippen LogP contribution in [0.4, 0.5) is 0 Å². The van der Waals surface area contributed by atoms with Crippen LogP contribution in [0.3, 0.4) is 0 Å². The van der Waals surface area contributed by atoms with Crippen molar-refractivity contribution < 1.29 is 9.47 Å². The van der Waals surface area contributed by atoms with Crippen molar-refractivity contribution in [3.05, 3.63) is 102 Å². The third-order valence-electron chi connectivity index (χ3n) is 4.50. The molecule has 1 heterocycles. The minimum Gasteiger partial charge on any atom is -0.488 e. The molecule has 0 radical (unpaired) electrons. The third-order valence-corrected chi connectivity index (χ3v) is 4.50. The average molecular weight is 356 g/mol. The van der Waals surface area contributed by atoms with Crippen LogP contribution in [0.25, 0.3) is 5.76 Å². The molecule has 0 aliphatic carbocycles. The lowest BCUT2D eigenvalue weighted by molar-refractivity contribution is 0.130. The van der Waals surface area contributed by atoms with Gasteiger partial charge in [0.15, 0.2) is 0 Å². The minimum atomic E-state index is -0.239. The molecule has 1 atom stereocenters. The normalized spacial score (nSPS) is 16.1. The first-order chi connectivity index (χ1) is 13.0. The zero-order chi connectivity index (χ0) is 18.9. The van der Waals surface area contributed by atoms with Gasteiger partial charge in [-0.2, -0.15) is 0 Å². The molecule has 0 unspecified atom stereocenters. The van der Waals surface area contributed by atoms with Crippen LogP contribution in [0.1, 0.15) is 43.4 Å². The van der Waals surface area contributed by atoms with E-state index >= 15 is 0 Å². The lowest BCUT2D eigenvalue weighted by atomic mass is 9.87. The van der Waals surface area contributed by atoms with Crippen molar-refractivity contribution in [2.45, 2.75) is 32.3 Å². The maximum absolute atomic E-state index is 6.26. The molecule has 136 valence electrons. The van der Waals surface area contributed by atoms with Crippen LogP contribution >= 0.6 is 0 Å². The van der Waals surface area contributed by atoms with Gasteiger partial charge in [-0.3, -0.25) is 0 Å². The van der Waals surface area contributed by atoms with E-state index in [9.17, 15) is 0 Å². The van der Waals surface area contributed by atoms with E-state index in [1.165, 1.54) is 5.56 Å². The molecule has 0 bridgehead atoms. The van der Waals surface area contributed by atoms with E-state index in [0.29, 0.717) is 0 Å². The molecule has 0 aromatic heterocycles. The zero-order valence-corrected chi connectivity index (χ0v) is 16.0. The van der Waals surface area contributed by atoms with E-state index in [1.54, 1.807) is 0 Å². The number of hydrogen-bond acceptors (Lipinski definition) is 2. The maximum Gasteiger partial charge on any atom is 0.131 e. The second kappa shape index (κ2) is 6.96. The van der Waals surface area contributed by atoms with Gasteiger partial charge in [0.2, 0.25) is 0 Å². The number of fused-ring (bicyclic) bond motifs is 1. The monoisotopic (exact) mass is 356 g/mol. The summed E-state index contributed by atoms with van der Waals surface area (Å²) in [7, 11) is 0. The van der Waals surface area contributed by atoms with E-state index in [-0.39, 0.29) is 11.5 Å². The van der Waals surface area contributed by atoms with Crippen molar-refractivity contribution in [2.75, 3.05) is 0 Å². The van der Waals surface area contributed by atoms with Crippen LogP contribution in [-0.2, 0) is 0 Å². The lowest BCUT2D eigenvalue weighted by Crippen LogP contribution is -2.23. The SMILES string of the molecule is CC(C)(C)Oc1ccc2c(c1)[C@H](c1ccccc1)C=C(c1ccccc1)O2. The van der Waals surface area contributed by atoms with Crippen LogP contribution < -0.4 is 9.47 Å². The van der Waals surface area contributed by atoms with Gasteiger partial charge in [-0.1, -0.05) is 60.7 Å². The summed E-state index contributed by atoms with van der Waals surface area (Å²) in [5.41, 5.74) is 3.21. The molecule has 0 spiro atoms. The van der Waals surface area contributed by atoms with E-state index < -0.39 is 0 Å². The first kappa shape index (κ1) is 17.4. The van der Waals surface area contributed by atoms with Crippen LogP contribution in [-0.4, -0.2) is 5.60 Å². The average Bonchev–Trinajstić information content (AvgIpc) is 2.67. The summed E-state index contributed by atoms with van der Waals surface area (Å²) in [5.74, 6) is 2.75. The Balaban J connectivity index is 1.80. The van der Waals surface area contributed by atoms with Gasteiger partial charge in [-0.05, 0) is 50.6 Å². The zero-order valence-electron chi connectivity index (χ0n) is 16.0. The Labute approximate surface area is 161 Å². The molecule has 0 amide bonds. The van der Waals surface area contributed by atoms with Gasteiger partial charge in [0.25, 0.3) is 0 Å². The molecule has 0 N–H and O–H groups in total. The summed E-state index contributed by atoms with van der Waals surface area (Å²) in [5, 5.41) is 0. The molecule has 1 aliphatic rings. The van der Waals surface area contributed by atoms with Crippen molar-refractivity contribution in [3.63, 3.8) is 0 Å². The highest BCUT2D eigenvalue weighted by atomic mass is 16.5. The molecular formula is C25H24O2. The van der Waals surface area contributed by atoms with E-state index in [1.807, 2.05) is 36.4 Å². The Bertz CT molecular complexity index is 951. The van der Waals surface area contributed by atoms with Gasteiger partial charge in [0, 0.05) is 17.0 Å². The standard InChI is InChI=1S/C25H24O2/c1-25(2,3)27-20-14-15-23-22(16-20)21(18-10-6-4-7-11-18)17-24(26-23)19-12-8-5-9-13-19/h4-17,21H,1-3H3/t21-/m0/s1. The van der Waals surface area contributed by atoms with E-state index in [4.69, 9.17) is 9.47 Å². The molecule has 2 nitrogen and oxygen atoms in total. The minimum absolute atomic E-state index is 0.119. The highest BCUT2D eigenvalue weighted by molar-refractivity contribution is 5.68. The number of ether oxygens (including phenoxy) is 2. The summed E-state index contributed by atoms with van der Waals surface area (Å²) in [6, 6.07) is 26.9. The quantitative estimate of drug-likeness (QED) is 0.538. The Kier molecular flexibility index (Phi) is 4.49. The van der Waals surface area contributed by atoms with Crippen molar-refractivity contribution in [3.8, 4) is 11.5 Å². The number of allylic oxidation sites excluding steroid dienone is 1. The van der Waals surface area contributed by atoms with Crippen LogP contribution in [0.2, 0.25) is 0 Å². The molecule has 27 heavy (non-hydrogen) atoms. The molecule has 3 aromatic rings. The third kappa shape index (κ3) is 3.90. The topological polar surface area (TPSA) is 18.5 Å². The second-order valence-corrected chi connectivity index (χ2v) is 7.80. The van der Waals surface area contributed by atoms with Crippen LogP contribution in [0.15, 0.2) is 84.9 Å². The number of benzene rings is 3. The Hall–Kier alpha value is -3.00. The first-order valence-electron chi connectivity index (χ1n) is 9.33. The smallest absolute Gasteiger partial charge is 0.131 e. The Morgan fingerprint density at radius 1 is 0.815 bits per heavy atom. The second-order valence-electron chi connectivity index (χ2n) is 7.80. The fraction of sp³-hybridized carbons (Fsp3) is 0.200. The van der Waals surface area contributed by atoms with Crippen molar-refractivity contribution in [1.82, 2.24) is 0 Å². The van der Waals surface area contributed by atoms with Crippen molar-refractivity contribution in [1.29, 1.82) is 0 Å². The molecule has 1 aliphatic heterocycles. The van der Waals surface area contributed by atoms with E-state index in [0.717, 1.165) is 28.4 Å². The largest absolute Gasteiger partial charge is 0.488 e. The van der Waals surface area contributed by atoms with E-state index in [2.05, 4.69) is 69.3 Å². The Morgan fingerprint density at radius 2 is 1.48 bits per heavy atom. The van der Waals surface area contributed by atoms with Gasteiger partial charge in [-0.25, -0.2) is 0 Å². The first-order valence-corrected chi connectivity index (χ1v) is 9.33. The predicted octanol–water partition coefficient (Wildman–Crippen LogP) is 6.43. The summed E-state index contributed by atoms with van der Waals surface area (Å²) in [6.07, 6.45) is 2.20. The summed E-state index contributed by atoms with van der Waals surface area (Å²) in [6.45, 7) is 6.18. The fourth-order valence-electron chi connectivity index (χ4n) is 3.37.